The highest BCUT2D eigenvalue weighted by atomic mass is 32.2. The number of benzene rings is 3. The number of aromatic hydroxyl groups is 1. The summed E-state index contributed by atoms with van der Waals surface area (Å²) in [5.41, 5.74) is 1.85. The van der Waals surface area contributed by atoms with Gasteiger partial charge in [-0.15, -0.1) is 11.8 Å². The number of alkyl halides is 3. The number of fused-ring (bicyclic) bond motifs is 1. The van der Waals surface area contributed by atoms with Crippen molar-refractivity contribution < 1.29 is 18.3 Å². The second-order valence-corrected chi connectivity index (χ2v) is 7.71. The quantitative estimate of drug-likeness (QED) is 0.516. The maximum Gasteiger partial charge on any atom is 0.416 e. The van der Waals surface area contributed by atoms with E-state index in [4.69, 9.17) is 4.99 Å². The van der Waals surface area contributed by atoms with Gasteiger partial charge in [-0.2, -0.15) is 13.2 Å². The Bertz CT molecular complexity index is 1030. The van der Waals surface area contributed by atoms with Crippen molar-refractivity contribution in [2.45, 2.75) is 22.7 Å². The van der Waals surface area contributed by atoms with Gasteiger partial charge in [0, 0.05) is 22.3 Å². The fourth-order valence-electron chi connectivity index (χ4n) is 3.26. The van der Waals surface area contributed by atoms with Gasteiger partial charge in [-0.1, -0.05) is 30.3 Å². The molecule has 0 fully saturated rings. The van der Waals surface area contributed by atoms with E-state index in [2.05, 4.69) is 0 Å². The Balaban J connectivity index is 1.83. The number of halogens is 3. The van der Waals surface area contributed by atoms with Crippen LogP contribution in [0.15, 0.2) is 82.7 Å². The van der Waals surface area contributed by atoms with Crippen LogP contribution in [0.25, 0.3) is 0 Å². The zero-order valence-corrected chi connectivity index (χ0v) is 15.5. The molecule has 2 nitrogen and oxygen atoms in total. The van der Waals surface area contributed by atoms with Crippen LogP contribution in [0, 0.1) is 0 Å². The summed E-state index contributed by atoms with van der Waals surface area (Å²) in [7, 11) is 0. The van der Waals surface area contributed by atoms with Crippen molar-refractivity contribution in [2.75, 3.05) is 0 Å². The van der Waals surface area contributed by atoms with Gasteiger partial charge in [-0.05, 0) is 53.6 Å². The van der Waals surface area contributed by atoms with E-state index in [1.807, 2.05) is 24.3 Å². The highest BCUT2D eigenvalue weighted by Crippen LogP contribution is 2.48. The average molecular weight is 399 g/mol. The fraction of sp³-hybridized carbons (Fsp3) is 0.136. The molecule has 1 unspecified atom stereocenters. The first-order valence-corrected chi connectivity index (χ1v) is 9.58. The topological polar surface area (TPSA) is 32.6 Å². The van der Waals surface area contributed by atoms with E-state index in [0.717, 1.165) is 22.2 Å². The van der Waals surface area contributed by atoms with Gasteiger partial charge in [0.25, 0.3) is 0 Å². The molecule has 0 bridgehead atoms. The number of para-hydroxylation sites is 1. The molecule has 0 amide bonds. The van der Waals surface area contributed by atoms with E-state index in [-0.39, 0.29) is 11.3 Å². The Morgan fingerprint density at radius 2 is 1.57 bits per heavy atom. The minimum absolute atomic E-state index is 0.131. The van der Waals surface area contributed by atoms with Crippen LogP contribution < -0.4 is 0 Å². The normalized spacial score (nSPS) is 16.8. The average Bonchev–Trinajstić information content (AvgIpc) is 2.87. The van der Waals surface area contributed by atoms with Gasteiger partial charge >= 0.3 is 6.18 Å². The molecule has 0 spiro atoms. The lowest BCUT2D eigenvalue weighted by Gasteiger charge is -2.21. The smallest absolute Gasteiger partial charge is 0.416 e. The molecule has 0 aliphatic carbocycles. The summed E-state index contributed by atoms with van der Waals surface area (Å²) in [6.45, 7) is 0. The van der Waals surface area contributed by atoms with Crippen LogP contribution in [0.3, 0.4) is 0 Å². The number of phenolic OH excluding ortho intramolecular Hbond substituents is 1. The van der Waals surface area contributed by atoms with Crippen LogP contribution in [-0.4, -0.2) is 10.8 Å². The Labute approximate surface area is 164 Å². The van der Waals surface area contributed by atoms with Crippen LogP contribution in [0.1, 0.15) is 28.4 Å². The van der Waals surface area contributed by atoms with Crippen molar-refractivity contribution in [3.05, 3.63) is 89.5 Å². The van der Waals surface area contributed by atoms with E-state index in [9.17, 15) is 18.3 Å². The van der Waals surface area contributed by atoms with E-state index in [0.29, 0.717) is 12.1 Å². The van der Waals surface area contributed by atoms with Gasteiger partial charge in [0.15, 0.2) is 0 Å². The van der Waals surface area contributed by atoms with Crippen LogP contribution in [0.2, 0.25) is 0 Å². The van der Waals surface area contributed by atoms with Crippen molar-refractivity contribution in [3.63, 3.8) is 0 Å². The number of nitrogens with zero attached hydrogens (tertiary/aromatic N) is 1. The Morgan fingerprint density at radius 1 is 0.893 bits per heavy atom. The zero-order valence-electron chi connectivity index (χ0n) is 14.6. The summed E-state index contributed by atoms with van der Waals surface area (Å²) in [6, 6.07) is 19.8. The number of thioether (sulfide) groups is 1. The molecule has 1 aliphatic heterocycles. The summed E-state index contributed by atoms with van der Waals surface area (Å²) in [5, 5.41) is 9.12. The number of rotatable bonds is 2. The van der Waals surface area contributed by atoms with Crippen molar-refractivity contribution in [2.24, 2.45) is 4.99 Å². The molecule has 6 heteroatoms. The number of phenols is 1. The summed E-state index contributed by atoms with van der Waals surface area (Å²) >= 11 is 1.40. The van der Waals surface area contributed by atoms with E-state index in [1.165, 1.54) is 17.8 Å². The van der Waals surface area contributed by atoms with Crippen LogP contribution in [-0.2, 0) is 6.18 Å². The highest BCUT2D eigenvalue weighted by Gasteiger charge is 2.36. The molecule has 0 aromatic heterocycles. The molecule has 3 aromatic carbocycles. The maximum absolute atomic E-state index is 13.6. The molecule has 1 N–H and O–H groups in total. The minimum Gasteiger partial charge on any atom is -0.508 e. The molecule has 1 heterocycles. The summed E-state index contributed by atoms with van der Waals surface area (Å²) in [6.07, 6.45) is -4.07. The van der Waals surface area contributed by atoms with Gasteiger partial charge in [0.1, 0.15) is 5.75 Å². The Kier molecular flexibility index (Phi) is 4.89. The standard InChI is InChI=1S/C22H16F3NOS/c23-22(24,25)17-6-2-1-5-16(17)21-13-19(14-9-11-15(27)12-10-14)26-18-7-3-4-8-20(18)28-21/h1-12,21,27H,13H2. The van der Waals surface area contributed by atoms with Crippen molar-refractivity contribution in [1.82, 2.24) is 0 Å². The SMILES string of the molecule is Oc1ccc(C2=Nc3ccccc3SC(c3ccccc3C(F)(F)F)C2)cc1. The molecule has 4 rings (SSSR count). The predicted molar refractivity (Wildman–Crippen MR) is 105 cm³/mol. The Morgan fingerprint density at radius 3 is 2.32 bits per heavy atom. The lowest BCUT2D eigenvalue weighted by atomic mass is 9.97. The van der Waals surface area contributed by atoms with Crippen molar-refractivity contribution in [1.29, 1.82) is 0 Å². The molecule has 28 heavy (non-hydrogen) atoms. The highest BCUT2D eigenvalue weighted by molar-refractivity contribution is 7.99. The molecule has 1 atom stereocenters. The number of hydrogen-bond acceptors (Lipinski definition) is 3. The second-order valence-electron chi connectivity index (χ2n) is 6.47. The minimum atomic E-state index is -4.42. The van der Waals surface area contributed by atoms with E-state index in [1.54, 1.807) is 36.4 Å². The van der Waals surface area contributed by atoms with Gasteiger partial charge < -0.3 is 5.11 Å². The summed E-state index contributed by atoms with van der Waals surface area (Å²) < 4.78 is 40.8. The first kappa shape index (κ1) is 18.6. The number of aliphatic imine (C=N–C) groups is 1. The molecule has 1 aliphatic rings. The molecule has 0 saturated heterocycles. The van der Waals surface area contributed by atoms with Crippen LogP contribution in [0.5, 0.6) is 5.75 Å². The van der Waals surface area contributed by atoms with Crippen LogP contribution in [0.4, 0.5) is 18.9 Å². The van der Waals surface area contributed by atoms with Crippen molar-refractivity contribution in [3.8, 4) is 5.75 Å². The first-order valence-electron chi connectivity index (χ1n) is 8.70. The third kappa shape index (κ3) is 3.78. The summed E-state index contributed by atoms with van der Waals surface area (Å²) in [5.74, 6) is 0.131. The van der Waals surface area contributed by atoms with Gasteiger partial charge in [-0.3, -0.25) is 4.99 Å². The van der Waals surface area contributed by atoms with Gasteiger partial charge in [0.05, 0.1) is 11.3 Å². The second kappa shape index (κ2) is 7.36. The van der Waals surface area contributed by atoms with Gasteiger partial charge in [0.2, 0.25) is 0 Å². The number of hydrogen-bond donors (Lipinski definition) is 1. The largest absolute Gasteiger partial charge is 0.508 e. The fourth-order valence-corrected chi connectivity index (χ4v) is 4.53. The molecular formula is C22H16F3NOS. The lowest BCUT2D eigenvalue weighted by Crippen LogP contribution is -2.13. The monoisotopic (exact) mass is 399 g/mol. The first-order chi connectivity index (χ1) is 13.4. The Hall–Kier alpha value is -2.73. The van der Waals surface area contributed by atoms with Crippen molar-refractivity contribution >= 4 is 23.2 Å². The molecule has 0 radical (unpaired) electrons. The maximum atomic E-state index is 13.6. The van der Waals surface area contributed by atoms with Crippen LogP contribution >= 0.6 is 11.8 Å². The molecular weight excluding hydrogens is 383 g/mol. The third-order valence-electron chi connectivity index (χ3n) is 4.58. The van der Waals surface area contributed by atoms with E-state index >= 15 is 0 Å². The molecule has 3 aromatic rings. The van der Waals surface area contributed by atoms with Gasteiger partial charge in [-0.25, -0.2) is 0 Å². The predicted octanol–water partition coefficient (Wildman–Crippen LogP) is 6.77. The molecule has 0 saturated carbocycles. The third-order valence-corrected chi connectivity index (χ3v) is 5.89. The lowest BCUT2D eigenvalue weighted by molar-refractivity contribution is -0.138. The zero-order chi connectivity index (χ0) is 19.7. The molecule has 142 valence electrons. The summed E-state index contributed by atoms with van der Waals surface area (Å²) in [4.78, 5) is 5.59. The van der Waals surface area contributed by atoms with E-state index < -0.39 is 17.0 Å².